The fourth-order valence-electron chi connectivity index (χ4n) is 5.53. The Bertz CT molecular complexity index is 1460. The minimum atomic E-state index is -0.473. The molecule has 0 fully saturated rings. The number of carbonyl (C=O) groups is 2. The van der Waals surface area contributed by atoms with Gasteiger partial charge in [0.25, 0.3) is 5.91 Å². The molecular formula is C32H32N2O5. The number of allylic oxidation sites excluding steroid dienone is 3. The first-order chi connectivity index (χ1) is 18.9. The Kier molecular flexibility index (Phi) is 7.41. The fourth-order valence-corrected chi connectivity index (χ4v) is 5.53. The molecule has 3 aromatic carbocycles. The van der Waals surface area contributed by atoms with Gasteiger partial charge in [-0.2, -0.15) is 0 Å². The fraction of sp³-hybridized carbons (Fsp3) is 0.250. The highest BCUT2D eigenvalue weighted by Gasteiger charge is 2.41. The van der Waals surface area contributed by atoms with Crippen molar-refractivity contribution < 1.29 is 23.8 Å². The summed E-state index contributed by atoms with van der Waals surface area (Å²) in [6, 6.07) is 22.7. The van der Waals surface area contributed by atoms with Crippen LogP contribution in [0.3, 0.4) is 0 Å². The van der Waals surface area contributed by atoms with Crippen LogP contribution in [0, 0.1) is 0 Å². The Morgan fingerprint density at radius 2 is 1.56 bits per heavy atom. The highest BCUT2D eigenvalue weighted by molar-refractivity contribution is 6.10. The van der Waals surface area contributed by atoms with Crippen LogP contribution < -0.4 is 24.8 Å². The molecule has 0 radical (unpaired) electrons. The summed E-state index contributed by atoms with van der Waals surface area (Å²) in [5.74, 6) is 1.27. The van der Waals surface area contributed by atoms with Crippen LogP contribution in [0.4, 0.5) is 5.69 Å². The third kappa shape index (κ3) is 5.12. The number of rotatable bonds is 7. The standard InChI is InChI=1S/C32H32N2O5/c1-19-29(32(36)34-23-11-13-24(37-2)14-12-23)30(20-8-6-5-7-9-20)31-25(33-19)16-22(17-26(31)35)21-10-15-27(38-3)28(18-21)39-4/h5-15,18,22,30,33H,16-17H2,1-4H3,(H,34,36)/t22-,30+/m1/s1. The number of ketones is 1. The summed E-state index contributed by atoms with van der Waals surface area (Å²) in [7, 11) is 4.81. The van der Waals surface area contributed by atoms with Gasteiger partial charge in [0.2, 0.25) is 0 Å². The zero-order valence-corrected chi connectivity index (χ0v) is 22.5. The third-order valence-electron chi connectivity index (χ3n) is 7.43. The topological polar surface area (TPSA) is 85.9 Å². The van der Waals surface area contributed by atoms with Gasteiger partial charge in [0.05, 0.1) is 21.3 Å². The number of anilines is 1. The van der Waals surface area contributed by atoms with Crippen LogP contribution in [0.15, 0.2) is 95.3 Å². The number of dihydropyridines is 1. The van der Waals surface area contributed by atoms with E-state index in [2.05, 4.69) is 10.6 Å². The van der Waals surface area contributed by atoms with E-state index in [9.17, 15) is 9.59 Å². The summed E-state index contributed by atoms with van der Waals surface area (Å²) >= 11 is 0. The van der Waals surface area contributed by atoms with Crippen molar-refractivity contribution in [1.29, 1.82) is 0 Å². The lowest BCUT2D eigenvalue weighted by atomic mass is 9.71. The minimum absolute atomic E-state index is 0.0255. The Labute approximate surface area is 228 Å². The zero-order valence-electron chi connectivity index (χ0n) is 22.5. The van der Waals surface area contributed by atoms with E-state index < -0.39 is 5.92 Å². The van der Waals surface area contributed by atoms with Crippen LogP contribution in [-0.2, 0) is 9.59 Å². The summed E-state index contributed by atoms with van der Waals surface area (Å²) in [6.07, 6.45) is 0.983. The van der Waals surface area contributed by atoms with Gasteiger partial charge in [-0.1, -0.05) is 36.4 Å². The van der Waals surface area contributed by atoms with E-state index in [0.29, 0.717) is 46.9 Å². The quantitative estimate of drug-likeness (QED) is 0.412. The average molecular weight is 525 g/mol. The van der Waals surface area contributed by atoms with E-state index in [4.69, 9.17) is 14.2 Å². The molecule has 0 saturated carbocycles. The largest absolute Gasteiger partial charge is 0.497 e. The van der Waals surface area contributed by atoms with Crippen molar-refractivity contribution in [3.8, 4) is 17.2 Å². The van der Waals surface area contributed by atoms with Crippen LogP contribution >= 0.6 is 0 Å². The van der Waals surface area contributed by atoms with E-state index in [1.165, 1.54) is 0 Å². The van der Waals surface area contributed by atoms with Gasteiger partial charge in [0, 0.05) is 40.6 Å². The van der Waals surface area contributed by atoms with E-state index >= 15 is 0 Å². The van der Waals surface area contributed by atoms with Crippen LogP contribution in [0.2, 0.25) is 0 Å². The molecule has 200 valence electrons. The summed E-state index contributed by atoms with van der Waals surface area (Å²) in [5, 5.41) is 6.45. The van der Waals surface area contributed by atoms with Gasteiger partial charge in [-0.15, -0.1) is 0 Å². The number of Topliss-reactive ketones (excluding diaryl/α,β-unsaturated/α-hetero) is 1. The summed E-state index contributed by atoms with van der Waals surface area (Å²) in [6.45, 7) is 1.90. The summed E-state index contributed by atoms with van der Waals surface area (Å²) in [5.41, 5.74) is 5.35. The van der Waals surface area contributed by atoms with Crippen LogP contribution in [-0.4, -0.2) is 33.0 Å². The highest BCUT2D eigenvalue weighted by atomic mass is 16.5. The van der Waals surface area contributed by atoms with Crippen LogP contribution in [0.5, 0.6) is 17.2 Å². The maximum atomic E-state index is 13.9. The van der Waals surface area contributed by atoms with Gasteiger partial charge in [-0.25, -0.2) is 0 Å². The van der Waals surface area contributed by atoms with Gasteiger partial charge in [0.1, 0.15) is 5.75 Å². The molecule has 3 aromatic rings. The molecule has 0 aromatic heterocycles. The predicted octanol–water partition coefficient (Wildman–Crippen LogP) is 5.71. The number of methoxy groups -OCH3 is 3. The molecule has 7 nitrogen and oxygen atoms in total. The molecule has 7 heteroatoms. The van der Waals surface area contributed by atoms with Crippen molar-refractivity contribution in [3.05, 3.63) is 106 Å². The van der Waals surface area contributed by atoms with Crippen LogP contribution in [0.1, 0.15) is 42.7 Å². The lowest BCUT2D eigenvalue weighted by molar-refractivity contribution is -0.116. The Hall–Kier alpha value is -4.52. The lowest BCUT2D eigenvalue weighted by Gasteiger charge is -2.37. The molecule has 1 amide bonds. The van der Waals surface area contributed by atoms with Crippen LogP contribution in [0.25, 0.3) is 0 Å². The maximum absolute atomic E-state index is 13.9. The monoisotopic (exact) mass is 524 g/mol. The van der Waals surface area contributed by atoms with E-state index in [1.54, 1.807) is 45.6 Å². The molecule has 0 spiro atoms. The molecule has 2 aliphatic rings. The number of amides is 1. The minimum Gasteiger partial charge on any atom is -0.497 e. The van der Waals surface area contributed by atoms with Crippen molar-refractivity contribution >= 4 is 17.4 Å². The smallest absolute Gasteiger partial charge is 0.254 e. The molecular weight excluding hydrogens is 492 g/mol. The van der Waals surface area contributed by atoms with Gasteiger partial charge in [0.15, 0.2) is 17.3 Å². The molecule has 0 unspecified atom stereocenters. The van der Waals surface area contributed by atoms with Crippen molar-refractivity contribution in [3.63, 3.8) is 0 Å². The zero-order chi connectivity index (χ0) is 27.5. The molecule has 2 N–H and O–H groups in total. The predicted molar refractivity (Wildman–Crippen MR) is 150 cm³/mol. The molecule has 2 atom stereocenters. The molecule has 1 heterocycles. The SMILES string of the molecule is COc1ccc(NC(=O)C2=C(C)NC3=C(C(=O)C[C@H](c4ccc(OC)c(OC)c4)C3)[C@H]2c2ccccc2)cc1. The highest BCUT2D eigenvalue weighted by Crippen LogP contribution is 2.46. The molecule has 0 saturated heterocycles. The normalized spacial score (nSPS) is 18.7. The van der Waals surface area contributed by atoms with E-state index in [-0.39, 0.29) is 17.6 Å². The average Bonchev–Trinajstić information content (AvgIpc) is 2.96. The summed E-state index contributed by atoms with van der Waals surface area (Å²) in [4.78, 5) is 27.6. The second-order valence-corrected chi connectivity index (χ2v) is 9.72. The number of hydrogen-bond acceptors (Lipinski definition) is 6. The molecule has 39 heavy (non-hydrogen) atoms. The number of ether oxygens (including phenoxy) is 3. The van der Waals surface area contributed by atoms with Crippen molar-refractivity contribution in [2.24, 2.45) is 0 Å². The molecule has 1 aliphatic carbocycles. The van der Waals surface area contributed by atoms with Gasteiger partial charge in [-0.05, 0) is 66.8 Å². The number of benzene rings is 3. The number of hydrogen-bond donors (Lipinski definition) is 2. The van der Waals surface area contributed by atoms with Crippen molar-refractivity contribution in [2.45, 2.75) is 31.6 Å². The summed E-state index contributed by atoms with van der Waals surface area (Å²) < 4.78 is 16.1. The van der Waals surface area contributed by atoms with E-state index in [1.807, 2.05) is 55.5 Å². The maximum Gasteiger partial charge on any atom is 0.254 e. The Balaban J connectivity index is 1.50. The number of nitrogens with one attached hydrogen (secondary N) is 2. The van der Waals surface area contributed by atoms with E-state index in [0.717, 1.165) is 22.5 Å². The first-order valence-corrected chi connectivity index (χ1v) is 12.9. The van der Waals surface area contributed by atoms with Gasteiger partial charge in [-0.3, -0.25) is 9.59 Å². The second-order valence-electron chi connectivity index (χ2n) is 9.72. The van der Waals surface area contributed by atoms with Gasteiger partial charge >= 0.3 is 0 Å². The first kappa shape index (κ1) is 26.1. The molecule has 0 bridgehead atoms. The lowest BCUT2D eigenvalue weighted by Crippen LogP contribution is -2.37. The third-order valence-corrected chi connectivity index (χ3v) is 7.43. The second kappa shape index (κ2) is 11.1. The first-order valence-electron chi connectivity index (χ1n) is 12.9. The Morgan fingerprint density at radius 3 is 2.23 bits per heavy atom. The molecule has 5 rings (SSSR count). The van der Waals surface area contributed by atoms with Gasteiger partial charge < -0.3 is 24.8 Å². The van der Waals surface area contributed by atoms with Crippen molar-refractivity contribution in [2.75, 3.05) is 26.6 Å². The molecule has 1 aliphatic heterocycles. The number of carbonyl (C=O) groups excluding carboxylic acids is 2. The Morgan fingerprint density at radius 1 is 0.846 bits per heavy atom. The van der Waals surface area contributed by atoms with Crippen molar-refractivity contribution in [1.82, 2.24) is 5.32 Å².